The third-order valence-electron chi connectivity index (χ3n) is 2.34. The maximum absolute atomic E-state index is 9.07. The first-order valence-corrected chi connectivity index (χ1v) is 5.86. The fourth-order valence-electron chi connectivity index (χ4n) is 1.31. The lowest BCUT2D eigenvalue weighted by Gasteiger charge is -2.18. The van der Waals surface area contributed by atoms with Gasteiger partial charge in [-0.2, -0.15) is 4.37 Å². The van der Waals surface area contributed by atoms with Gasteiger partial charge in [-0.15, -0.1) is 0 Å². The summed E-state index contributed by atoms with van der Waals surface area (Å²) in [5, 5.41) is 12.4. The van der Waals surface area contributed by atoms with Gasteiger partial charge in [-0.05, 0) is 24.9 Å². The van der Waals surface area contributed by atoms with Crippen molar-refractivity contribution in [3.05, 3.63) is 10.9 Å². The number of hydrogen-bond donors (Lipinski definition) is 2. The van der Waals surface area contributed by atoms with E-state index < -0.39 is 0 Å². The molecule has 0 bridgehead atoms. The molecule has 0 amide bonds. The minimum Gasteiger partial charge on any atom is -0.480 e. The number of aliphatic hydroxyl groups is 1. The highest BCUT2D eigenvalue weighted by molar-refractivity contribution is 7.06. The Hall–Kier alpha value is -0.650. The molecule has 0 fully saturated rings. The van der Waals surface area contributed by atoms with Crippen LogP contribution in [0.2, 0.25) is 0 Å². The number of nitrogens with zero attached hydrogens (tertiary/aromatic N) is 1. The van der Waals surface area contributed by atoms with Crippen LogP contribution in [0.15, 0.2) is 6.07 Å². The molecule has 0 saturated heterocycles. The maximum atomic E-state index is 9.07. The van der Waals surface area contributed by atoms with Crippen molar-refractivity contribution >= 4 is 11.5 Å². The monoisotopic (exact) mass is 230 g/mol. The normalized spacial score (nSPS) is 14.9. The zero-order valence-electron chi connectivity index (χ0n) is 9.36. The van der Waals surface area contributed by atoms with Crippen LogP contribution in [0.1, 0.15) is 31.2 Å². The van der Waals surface area contributed by atoms with E-state index in [0.717, 1.165) is 11.3 Å². The molecule has 15 heavy (non-hydrogen) atoms. The summed E-state index contributed by atoms with van der Waals surface area (Å²) in [5.41, 5.74) is 0. The predicted molar refractivity (Wildman–Crippen MR) is 61.4 cm³/mol. The smallest absolute Gasteiger partial charge is 0.225 e. The highest BCUT2D eigenvalue weighted by Crippen LogP contribution is 2.23. The summed E-state index contributed by atoms with van der Waals surface area (Å²) in [4.78, 5) is 1.12. The molecule has 0 aliphatic rings. The summed E-state index contributed by atoms with van der Waals surface area (Å²) in [6.45, 7) is 4.27. The molecule has 2 unspecified atom stereocenters. The van der Waals surface area contributed by atoms with Gasteiger partial charge < -0.3 is 15.2 Å². The minimum atomic E-state index is 0.146. The Morgan fingerprint density at radius 3 is 2.87 bits per heavy atom. The van der Waals surface area contributed by atoms with Gasteiger partial charge in [-0.1, -0.05) is 6.92 Å². The SMILES string of the molecule is CCC(CO)NC(C)c1cc(OC)ns1. The van der Waals surface area contributed by atoms with Crippen molar-refractivity contribution in [3.63, 3.8) is 0 Å². The number of aromatic nitrogens is 1. The van der Waals surface area contributed by atoms with Crippen molar-refractivity contribution in [2.75, 3.05) is 13.7 Å². The van der Waals surface area contributed by atoms with Gasteiger partial charge in [0.25, 0.3) is 0 Å². The fourth-order valence-corrected chi connectivity index (χ4v) is 2.01. The van der Waals surface area contributed by atoms with Gasteiger partial charge in [-0.3, -0.25) is 0 Å². The lowest BCUT2D eigenvalue weighted by molar-refractivity contribution is 0.230. The van der Waals surface area contributed by atoms with Crippen molar-refractivity contribution in [2.24, 2.45) is 0 Å². The molecule has 86 valence electrons. The Morgan fingerprint density at radius 1 is 1.67 bits per heavy atom. The lowest BCUT2D eigenvalue weighted by atomic mass is 10.2. The van der Waals surface area contributed by atoms with E-state index in [2.05, 4.69) is 16.6 Å². The first kappa shape index (κ1) is 12.4. The van der Waals surface area contributed by atoms with Gasteiger partial charge in [0, 0.05) is 23.0 Å². The molecule has 1 aromatic rings. The van der Waals surface area contributed by atoms with Gasteiger partial charge in [0.15, 0.2) is 0 Å². The topological polar surface area (TPSA) is 54.4 Å². The van der Waals surface area contributed by atoms with Crippen LogP contribution in [0.4, 0.5) is 0 Å². The number of methoxy groups -OCH3 is 1. The van der Waals surface area contributed by atoms with Gasteiger partial charge in [0.2, 0.25) is 5.88 Å². The van der Waals surface area contributed by atoms with Crippen LogP contribution in [0.3, 0.4) is 0 Å². The maximum Gasteiger partial charge on any atom is 0.225 e. The summed E-state index contributed by atoms with van der Waals surface area (Å²) < 4.78 is 9.16. The summed E-state index contributed by atoms with van der Waals surface area (Å²) >= 11 is 1.43. The van der Waals surface area contributed by atoms with E-state index in [9.17, 15) is 0 Å². The molecule has 0 aliphatic carbocycles. The number of ether oxygens (including phenoxy) is 1. The fraction of sp³-hybridized carbons (Fsp3) is 0.700. The molecule has 2 atom stereocenters. The second-order valence-electron chi connectivity index (χ2n) is 3.45. The van der Waals surface area contributed by atoms with E-state index in [1.165, 1.54) is 11.5 Å². The number of aliphatic hydroxyl groups excluding tert-OH is 1. The standard InChI is InChI=1S/C10H18N2O2S/c1-4-8(6-13)11-7(2)9-5-10(14-3)12-15-9/h5,7-8,11,13H,4,6H2,1-3H3. The summed E-state index contributed by atoms with van der Waals surface area (Å²) in [6.07, 6.45) is 0.913. The number of rotatable bonds is 6. The third-order valence-corrected chi connectivity index (χ3v) is 3.30. The molecule has 1 aromatic heterocycles. The van der Waals surface area contributed by atoms with Crippen molar-refractivity contribution in [2.45, 2.75) is 32.4 Å². The average Bonchev–Trinajstić information content (AvgIpc) is 2.74. The Morgan fingerprint density at radius 2 is 2.40 bits per heavy atom. The highest BCUT2D eigenvalue weighted by atomic mass is 32.1. The largest absolute Gasteiger partial charge is 0.480 e. The second-order valence-corrected chi connectivity index (χ2v) is 4.28. The van der Waals surface area contributed by atoms with Gasteiger partial charge in [0.1, 0.15) is 0 Å². The zero-order valence-corrected chi connectivity index (χ0v) is 10.2. The molecular formula is C10H18N2O2S. The van der Waals surface area contributed by atoms with Crippen molar-refractivity contribution < 1.29 is 9.84 Å². The van der Waals surface area contributed by atoms with Crippen LogP contribution < -0.4 is 10.1 Å². The molecule has 5 heteroatoms. The molecule has 2 N–H and O–H groups in total. The van der Waals surface area contributed by atoms with Crippen LogP contribution in [-0.4, -0.2) is 29.2 Å². The van der Waals surface area contributed by atoms with E-state index in [1.807, 2.05) is 13.0 Å². The predicted octanol–water partition coefficient (Wildman–Crippen LogP) is 1.57. The van der Waals surface area contributed by atoms with Crippen molar-refractivity contribution in [1.29, 1.82) is 0 Å². The zero-order chi connectivity index (χ0) is 11.3. The highest BCUT2D eigenvalue weighted by Gasteiger charge is 2.13. The average molecular weight is 230 g/mol. The van der Waals surface area contributed by atoms with E-state index in [-0.39, 0.29) is 18.7 Å². The second kappa shape index (κ2) is 6.05. The van der Waals surface area contributed by atoms with Crippen LogP contribution in [0, 0.1) is 0 Å². The third kappa shape index (κ3) is 3.44. The summed E-state index contributed by atoms with van der Waals surface area (Å²) in [5.74, 6) is 0.653. The summed E-state index contributed by atoms with van der Waals surface area (Å²) in [7, 11) is 1.61. The molecule has 1 heterocycles. The number of hydrogen-bond acceptors (Lipinski definition) is 5. The summed E-state index contributed by atoms with van der Waals surface area (Å²) in [6, 6.07) is 2.27. The molecule has 0 aromatic carbocycles. The van der Waals surface area contributed by atoms with Gasteiger partial charge >= 0.3 is 0 Å². The van der Waals surface area contributed by atoms with Gasteiger partial charge in [0.05, 0.1) is 13.7 Å². The Balaban J connectivity index is 2.55. The molecule has 1 rings (SSSR count). The minimum absolute atomic E-state index is 0.146. The first-order chi connectivity index (χ1) is 7.21. The molecule has 0 saturated carbocycles. The van der Waals surface area contributed by atoms with Crippen LogP contribution in [0.5, 0.6) is 5.88 Å². The molecule has 0 spiro atoms. The van der Waals surface area contributed by atoms with E-state index in [1.54, 1.807) is 7.11 Å². The Bertz CT molecular complexity index is 287. The molecular weight excluding hydrogens is 212 g/mol. The molecule has 4 nitrogen and oxygen atoms in total. The number of nitrogens with one attached hydrogen (secondary N) is 1. The van der Waals surface area contributed by atoms with Crippen LogP contribution in [-0.2, 0) is 0 Å². The van der Waals surface area contributed by atoms with Crippen LogP contribution in [0.25, 0.3) is 0 Å². The Labute approximate surface area is 94.4 Å². The van der Waals surface area contributed by atoms with Crippen LogP contribution >= 0.6 is 11.5 Å². The van der Waals surface area contributed by atoms with E-state index >= 15 is 0 Å². The Kier molecular flexibility index (Phi) is 5.01. The molecule has 0 radical (unpaired) electrons. The van der Waals surface area contributed by atoms with Gasteiger partial charge in [-0.25, -0.2) is 0 Å². The van der Waals surface area contributed by atoms with Crippen molar-refractivity contribution in [1.82, 2.24) is 9.69 Å². The first-order valence-electron chi connectivity index (χ1n) is 5.08. The molecule has 0 aliphatic heterocycles. The van der Waals surface area contributed by atoms with Crippen molar-refractivity contribution in [3.8, 4) is 5.88 Å². The van der Waals surface area contributed by atoms with E-state index in [4.69, 9.17) is 9.84 Å². The lowest BCUT2D eigenvalue weighted by Crippen LogP contribution is -2.33. The van der Waals surface area contributed by atoms with E-state index in [0.29, 0.717) is 5.88 Å². The quantitative estimate of drug-likeness (QED) is 0.779.